The van der Waals surface area contributed by atoms with Gasteiger partial charge in [-0.3, -0.25) is 0 Å². The molecule has 1 fully saturated rings. The molecule has 0 aromatic carbocycles. The molecule has 2 atom stereocenters. The maximum atomic E-state index is 10.5. The van der Waals surface area contributed by atoms with Crippen LogP contribution in [0, 0.1) is 5.41 Å². The van der Waals surface area contributed by atoms with Crippen LogP contribution < -0.4 is 0 Å². The Kier molecular flexibility index (Phi) is 3.27. The van der Waals surface area contributed by atoms with E-state index in [9.17, 15) is 5.11 Å². The van der Waals surface area contributed by atoms with E-state index in [1.165, 1.54) is 0 Å². The van der Waals surface area contributed by atoms with Gasteiger partial charge >= 0.3 is 0 Å². The highest BCUT2D eigenvalue weighted by Gasteiger charge is 2.37. The molecule has 1 aliphatic heterocycles. The molecule has 0 radical (unpaired) electrons. The highest BCUT2D eigenvalue weighted by Crippen LogP contribution is 2.36. The van der Waals surface area contributed by atoms with Crippen molar-refractivity contribution in [3.05, 3.63) is 0 Å². The lowest BCUT2D eigenvalue weighted by Crippen LogP contribution is -2.49. The molecule has 1 heterocycles. The summed E-state index contributed by atoms with van der Waals surface area (Å²) in [5, 5.41) is 10.5. The summed E-state index contributed by atoms with van der Waals surface area (Å²) in [6, 6.07) is 0.510. The molecule has 0 amide bonds. The maximum absolute atomic E-state index is 10.5. The standard InChI is InChI=1S/C12H25NO/c1-10-8-12(14,6-7-13(10)5)9-11(2,3)4/h10,14H,6-9H2,1-5H3. The summed E-state index contributed by atoms with van der Waals surface area (Å²) in [5.41, 5.74) is -0.200. The fourth-order valence-electron chi connectivity index (χ4n) is 2.56. The quantitative estimate of drug-likeness (QED) is 0.700. The first kappa shape index (κ1) is 12.0. The van der Waals surface area contributed by atoms with Gasteiger partial charge in [-0.25, -0.2) is 0 Å². The van der Waals surface area contributed by atoms with E-state index in [-0.39, 0.29) is 5.41 Å². The smallest absolute Gasteiger partial charge is 0.0679 e. The van der Waals surface area contributed by atoms with Crippen LogP contribution in [0.25, 0.3) is 0 Å². The van der Waals surface area contributed by atoms with Crippen molar-refractivity contribution in [1.29, 1.82) is 0 Å². The van der Waals surface area contributed by atoms with Crippen molar-refractivity contribution in [3.63, 3.8) is 0 Å². The van der Waals surface area contributed by atoms with Gasteiger partial charge in [0.1, 0.15) is 0 Å². The largest absolute Gasteiger partial charge is 0.390 e. The Morgan fingerprint density at radius 1 is 1.43 bits per heavy atom. The molecule has 14 heavy (non-hydrogen) atoms. The first-order valence-electron chi connectivity index (χ1n) is 5.65. The van der Waals surface area contributed by atoms with E-state index in [0.717, 1.165) is 25.8 Å². The molecule has 0 bridgehead atoms. The van der Waals surface area contributed by atoms with Gasteiger partial charge in [-0.15, -0.1) is 0 Å². The zero-order valence-electron chi connectivity index (χ0n) is 10.3. The number of piperidine rings is 1. The van der Waals surface area contributed by atoms with E-state index in [2.05, 4.69) is 39.6 Å². The number of nitrogens with zero attached hydrogens (tertiary/aromatic N) is 1. The summed E-state index contributed by atoms with van der Waals surface area (Å²) in [4.78, 5) is 2.33. The third-order valence-electron chi connectivity index (χ3n) is 3.22. The van der Waals surface area contributed by atoms with Crippen molar-refractivity contribution in [2.75, 3.05) is 13.6 Å². The second-order valence-electron chi connectivity index (χ2n) is 6.25. The number of hydrogen-bond acceptors (Lipinski definition) is 2. The Morgan fingerprint density at radius 3 is 2.43 bits per heavy atom. The van der Waals surface area contributed by atoms with E-state index in [1.54, 1.807) is 0 Å². The van der Waals surface area contributed by atoms with Crippen molar-refractivity contribution in [3.8, 4) is 0 Å². The molecule has 0 saturated carbocycles. The molecule has 0 spiro atoms. The van der Waals surface area contributed by atoms with Crippen LogP contribution in [0.2, 0.25) is 0 Å². The van der Waals surface area contributed by atoms with Gasteiger partial charge in [0.15, 0.2) is 0 Å². The van der Waals surface area contributed by atoms with E-state index in [1.807, 2.05) is 0 Å². The van der Waals surface area contributed by atoms with Gasteiger partial charge in [0.2, 0.25) is 0 Å². The average Bonchev–Trinajstić information content (AvgIpc) is 1.94. The maximum Gasteiger partial charge on any atom is 0.0679 e. The second-order valence-corrected chi connectivity index (χ2v) is 6.25. The van der Waals surface area contributed by atoms with Crippen LogP contribution >= 0.6 is 0 Å². The van der Waals surface area contributed by atoms with Crippen molar-refractivity contribution in [2.24, 2.45) is 5.41 Å². The van der Waals surface area contributed by atoms with Gasteiger partial charge in [-0.2, -0.15) is 0 Å². The first-order chi connectivity index (χ1) is 6.22. The highest BCUT2D eigenvalue weighted by atomic mass is 16.3. The molecule has 0 aromatic rings. The molecule has 1 aliphatic rings. The van der Waals surface area contributed by atoms with Gasteiger partial charge in [-0.05, 0) is 38.6 Å². The Balaban J connectivity index is 2.59. The monoisotopic (exact) mass is 199 g/mol. The summed E-state index contributed by atoms with van der Waals surface area (Å²) < 4.78 is 0. The zero-order chi connectivity index (χ0) is 11.0. The zero-order valence-corrected chi connectivity index (χ0v) is 10.3. The van der Waals surface area contributed by atoms with Crippen molar-refractivity contribution in [2.45, 2.75) is 58.6 Å². The Labute approximate surface area is 88.3 Å². The van der Waals surface area contributed by atoms with Crippen LogP contribution in [-0.2, 0) is 0 Å². The Hall–Kier alpha value is -0.0800. The van der Waals surface area contributed by atoms with E-state index >= 15 is 0 Å². The lowest BCUT2D eigenvalue weighted by atomic mass is 9.75. The van der Waals surface area contributed by atoms with Crippen molar-refractivity contribution in [1.82, 2.24) is 4.90 Å². The van der Waals surface area contributed by atoms with Gasteiger partial charge in [0.05, 0.1) is 5.60 Å². The topological polar surface area (TPSA) is 23.5 Å². The summed E-state index contributed by atoms with van der Waals surface area (Å²) in [6.45, 7) is 9.83. The molecule has 2 nitrogen and oxygen atoms in total. The van der Waals surface area contributed by atoms with Crippen LogP contribution in [0.1, 0.15) is 47.0 Å². The molecule has 2 heteroatoms. The van der Waals surface area contributed by atoms with E-state index in [0.29, 0.717) is 6.04 Å². The third-order valence-corrected chi connectivity index (χ3v) is 3.22. The van der Waals surface area contributed by atoms with Crippen LogP contribution in [0.3, 0.4) is 0 Å². The molecule has 2 unspecified atom stereocenters. The minimum atomic E-state index is -0.426. The molecule has 84 valence electrons. The third kappa shape index (κ3) is 3.25. The van der Waals surface area contributed by atoms with Gasteiger partial charge in [-0.1, -0.05) is 20.8 Å². The first-order valence-corrected chi connectivity index (χ1v) is 5.65. The fourth-order valence-corrected chi connectivity index (χ4v) is 2.56. The summed E-state index contributed by atoms with van der Waals surface area (Å²) in [6.07, 6.45) is 2.75. The predicted octanol–water partition coefficient (Wildman–Crippen LogP) is 2.27. The van der Waals surface area contributed by atoms with E-state index in [4.69, 9.17) is 0 Å². The lowest BCUT2D eigenvalue weighted by molar-refractivity contribution is -0.0612. The van der Waals surface area contributed by atoms with Crippen molar-refractivity contribution >= 4 is 0 Å². The lowest BCUT2D eigenvalue weighted by Gasteiger charge is -2.43. The summed E-state index contributed by atoms with van der Waals surface area (Å²) >= 11 is 0. The fraction of sp³-hybridized carbons (Fsp3) is 1.00. The average molecular weight is 199 g/mol. The Bertz CT molecular complexity index is 197. The van der Waals surface area contributed by atoms with Gasteiger partial charge < -0.3 is 10.0 Å². The molecular weight excluding hydrogens is 174 g/mol. The van der Waals surface area contributed by atoms with Crippen LogP contribution in [0.5, 0.6) is 0 Å². The van der Waals surface area contributed by atoms with Gasteiger partial charge in [0, 0.05) is 12.6 Å². The minimum Gasteiger partial charge on any atom is -0.390 e. The van der Waals surface area contributed by atoms with Crippen LogP contribution in [0.15, 0.2) is 0 Å². The highest BCUT2D eigenvalue weighted by molar-refractivity contribution is 4.91. The SMILES string of the molecule is CC1CC(O)(CC(C)(C)C)CCN1C. The van der Waals surface area contributed by atoms with Crippen LogP contribution in [-0.4, -0.2) is 35.2 Å². The molecule has 0 aromatic heterocycles. The van der Waals surface area contributed by atoms with Crippen molar-refractivity contribution < 1.29 is 5.11 Å². The Morgan fingerprint density at radius 2 is 2.00 bits per heavy atom. The van der Waals surface area contributed by atoms with Gasteiger partial charge in [0.25, 0.3) is 0 Å². The molecule has 1 rings (SSSR count). The summed E-state index contributed by atoms with van der Waals surface area (Å²) in [7, 11) is 2.14. The number of aliphatic hydroxyl groups is 1. The molecular formula is C12H25NO. The second kappa shape index (κ2) is 3.82. The number of likely N-dealkylation sites (tertiary alicyclic amines) is 1. The predicted molar refractivity (Wildman–Crippen MR) is 60.3 cm³/mol. The molecule has 1 N–H and O–H groups in total. The minimum absolute atomic E-state index is 0.227. The normalized spacial score (nSPS) is 36.0. The van der Waals surface area contributed by atoms with E-state index < -0.39 is 5.60 Å². The molecule has 0 aliphatic carbocycles. The summed E-state index contributed by atoms with van der Waals surface area (Å²) in [5.74, 6) is 0. The van der Waals surface area contributed by atoms with Crippen LogP contribution in [0.4, 0.5) is 0 Å². The number of hydrogen-bond donors (Lipinski definition) is 1. The molecule has 1 saturated heterocycles. The number of rotatable bonds is 1.